The highest BCUT2D eigenvalue weighted by atomic mass is 14.3. The van der Waals surface area contributed by atoms with Gasteiger partial charge in [-0.1, -0.05) is 46.1 Å². The fourth-order valence-corrected chi connectivity index (χ4v) is 2.52. The second kappa shape index (κ2) is 6.27. The molecular formula is C14H28. The quantitative estimate of drug-likeness (QED) is 0.533. The van der Waals surface area contributed by atoms with E-state index in [0.29, 0.717) is 5.41 Å². The van der Waals surface area contributed by atoms with E-state index in [2.05, 4.69) is 27.4 Å². The van der Waals surface area contributed by atoms with Crippen molar-refractivity contribution in [2.24, 2.45) is 11.3 Å². The van der Waals surface area contributed by atoms with Crippen LogP contribution in [0, 0.1) is 11.3 Å². The van der Waals surface area contributed by atoms with E-state index < -0.39 is 0 Å². The van der Waals surface area contributed by atoms with Crippen molar-refractivity contribution in [3.05, 3.63) is 12.2 Å². The first-order valence-electron chi connectivity index (χ1n) is 6.14. The fourth-order valence-electron chi connectivity index (χ4n) is 2.52. The highest BCUT2D eigenvalue weighted by Crippen LogP contribution is 2.40. The van der Waals surface area contributed by atoms with Gasteiger partial charge in [0.25, 0.3) is 0 Å². The second-order valence-corrected chi connectivity index (χ2v) is 5.29. The van der Waals surface area contributed by atoms with E-state index in [0.717, 1.165) is 5.92 Å². The van der Waals surface area contributed by atoms with Crippen LogP contribution in [0.25, 0.3) is 0 Å². The Morgan fingerprint density at radius 1 is 1.36 bits per heavy atom. The summed E-state index contributed by atoms with van der Waals surface area (Å²) < 4.78 is 0. The average Bonchev–Trinajstić information content (AvgIpc) is 2.04. The number of allylic oxidation sites excluding steroid dienone is 1. The van der Waals surface area contributed by atoms with Crippen LogP contribution < -0.4 is 0 Å². The molecule has 0 heterocycles. The van der Waals surface area contributed by atoms with Crippen LogP contribution >= 0.6 is 0 Å². The van der Waals surface area contributed by atoms with Gasteiger partial charge in [-0.05, 0) is 37.5 Å². The molecular weight excluding hydrogens is 168 g/mol. The van der Waals surface area contributed by atoms with Gasteiger partial charge in [-0.25, -0.2) is 0 Å². The minimum atomic E-state index is 0.596. The maximum atomic E-state index is 4.00. The van der Waals surface area contributed by atoms with Crippen LogP contribution in [0.15, 0.2) is 12.2 Å². The lowest BCUT2D eigenvalue weighted by Crippen LogP contribution is -2.22. The Morgan fingerprint density at radius 2 is 1.93 bits per heavy atom. The van der Waals surface area contributed by atoms with Gasteiger partial charge in [0.2, 0.25) is 0 Å². The predicted octanol–water partition coefficient (Wildman–Crippen LogP) is 5.20. The Balaban J connectivity index is 0.000000791. The van der Waals surface area contributed by atoms with Crippen LogP contribution in [0.2, 0.25) is 0 Å². The molecule has 1 aliphatic rings. The molecule has 0 radical (unpaired) electrons. The molecule has 1 saturated carbocycles. The summed E-state index contributed by atoms with van der Waals surface area (Å²) in [5, 5.41) is 0. The molecule has 0 nitrogen and oxygen atoms in total. The SMILES string of the molecule is C=C(C)CC1CCCC(C)(C)C1.CC. The first kappa shape index (κ1) is 13.7. The molecule has 0 heteroatoms. The second-order valence-electron chi connectivity index (χ2n) is 5.29. The van der Waals surface area contributed by atoms with Gasteiger partial charge in [0, 0.05) is 0 Å². The largest absolute Gasteiger partial charge is 0.100 e. The van der Waals surface area contributed by atoms with Crippen molar-refractivity contribution < 1.29 is 0 Å². The lowest BCUT2D eigenvalue weighted by molar-refractivity contribution is 0.180. The van der Waals surface area contributed by atoms with E-state index in [9.17, 15) is 0 Å². The molecule has 1 aliphatic carbocycles. The maximum absolute atomic E-state index is 4.00. The third-order valence-electron chi connectivity index (χ3n) is 2.94. The summed E-state index contributed by atoms with van der Waals surface area (Å²) in [6.07, 6.45) is 6.92. The minimum absolute atomic E-state index is 0.596. The van der Waals surface area contributed by atoms with Crippen molar-refractivity contribution in [1.29, 1.82) is 0 Å². The number of hydrogen-bond acceptors (Lipinski definition) is 0. The normalized spacial score (nSPS) is 24.8. The summed E-state index contributed by atoms with van der Waals surface area (Å²) in [6, 6.07) is 0. The summed E-state index contributed by atoms with van der Waals surface area (Å²) in [6.45, 7) is 15.0. The molecule has 1 fully saturated rings. The first-order chi connectivity index (χ1) is 6.49. The van der Waals surface area contributed by atoms with E-state index in [1.54, 1.807) is 0 Å². The van der Waals surface area contributed by atoms with Crippen LogP contribution in [-0.2, 0) is 0 Å². The summed E-state index contributed by atoms with van der Waals surface area (Å²) in [4.78, 5) is 0. The van der Waals surface area contributed by atoms with Crippen LogP contribution in [0.1, 0.15) is 66.7 Å². The van der Waals surface area contributed by atoms with Gasteiger partial charge < -0.3 is 0 Å². The van der Waals surface area contributed by atoms with Gasteiger partial charge in [0.1, 0.15) is 0 Å². The average molecular weight is 196 g/mol. The van der Waals surface area contributed by atoms with Crippen molar-refractivity contribution in [2.75, 3.05) is 0 Å². The fraction of sp³-hybridized carbons (Fsp3) is 0.857. The molecule has 0 spiro atoms. The monoisotopic (exact) mass is 196 g/mol. The Kier molecular flexibility index (Phi) is 6.15. The van der Waals surface area contributed by atoms with Crippen LogP contribution in [-0.4, -0.2) is 0 Å². The minimum Gasteiger partial charge on any atom is -0.100 e. The molecule has 0 saturated heterocycles. The van der Waals surface area contributed by atoms with Crippen molar-refractivity contribution in [2.45, 2.75) is 66.7 Å². The van der Waals surface area contributed by atoms with Gasteiger partial charge in [-0.2, -0.15) is 0 Å². The summed E-state index contributed by atoms with van der Waals surface area (Å²) >= 11 is 0. The van der Waals surface area contributed by atoms with Crippen LogP contribution in [0.4, 0.5) is 0 Å². The zero-order valence-corrected chi connectivity index (χ0v) is 10.8. The van der Waals surface area contributed by atoms with Gasteiger partial charge in [-0.3, -0.25) is 0 Å². The van der Waals surface area contributed by atoms with E-state index in [1.165, 1.54) is 37.7 Å². The van der Waals surface area contributed by atoms with E-state index in [1.807, 2.05) is 13.8 Å². The van der Waals surface area contributed by atoms with Crippen molar-refractivity contribution in [3.8, 4) is 0 Å². The molecule has 14 heavy (non-hydrogen) atoms. The highest BCUT2D eigenvalue weighted by Gasteiger charge is 2.27. The highest BCUT2D eigenvalue weighted by molar-refractivity contribution is 4.93. The Labute approximate surface area is 90.8 Å². The molecule has 0 aromatic carbocycles. The zero-order valence-electron chi connectivity index (χ0n) is 10.8. The number of rotatable bonds is 2. The summed E-state index contributed by atoms with van der Waals surface area (Å²) in [5.41, 5.74) is 1.95. The van der Waals surface area contributed by atoms with E-state index in [-0.39, 0.29) is 0 Å². The standard InChI is InChI=1S/C12H22.C2H6/c1-10(2)8-11-6-5-7-12(3,4)9-11;1-2/h11H,1,5-9H2,2-4H3;1-2H3. The Hall–Kier alpha value is -0.260. The first-order valence-corrected chi connectivity index (χ1v) is 6.14. The lowest BCUT2D eigenvalue weighted by Gasteiger charge is -2.35. The third kappa shape index (κ3) is 5.47. The molecule has 1 unspecified atom stereocenters. The maximum Gasteiger partial charge on any atom is -0.0297 e. The molecule has 0 aromatic rings. The van der Waals surface area contributed by atoms with E-state index >= 15 is 0 Å². The lowest BCUT2D eigenvalue weighted by atomic mass is 9.71. The molecule has 0 N–H and O–H groups in total. The third-order valence-corrected chi connectivity index (χ3v) is 2.94. The Morgan fingerprint density at radius 3 is 2.36 bits per heavy atom. The van der Waals surface area contributed by atoms with Crippen molar-refractivity contribution in [3.63, 3.8) is 0 Å². The molecule has 1 atom stereocenters. The molecule has 1 rings (SSSR count). The predicted molar refractivity (Wildman–Crippen MR) is 66.5 cm³/mol. The Bertz CT molecular complexity index is 165. The van der Waals surface area contributed by atoms with Crippen molar-refractivity contribution >= 4 is 0 Å². The van der Waals surface area contributed by atoms with Gasteiger partial charge in [-0.15, -0.1) is 6.58 Å². The van der Waals surface area contributed by atoms with Crippen LogP contribution in [0.3, 0.4) is 0 Å². The zero-order chi connectivity index (χ0) is 11.2. The summed E-state index contributed by atoms with van der Waals surface area (Å²) in [5.74, 6) is 0.922. The molecule has 0 aromatic heterocycles. The molecule has 0 bridgehead atoms. The molecule has 0 amide bonds. The summed E-state index contributed by atoms with van der Waals surface area (Å²) in [7, 11) is 0. The van der Waals surface area contributed by atoms with Crippen molar-refractivity contribution in [1.82, 2.24) is 0 Å². The van der Waals surface area contributed by atoms with Gasteiger partial charge >= 0.3 is 0 Å². The van der Waals surface area contributed by atoms with Crippen LogP contribution in [0.5, 0.6) is 0 Å². The smallest absolute Gasteiger partial charge is 0.0297 e. The van der Waals surface area contributed by atoms with Gasteiger partial charge in [0.05, 0.1) is 0 Å². The van der Waals surface area contributed by atoms with E-state index in [4.69, 9.17) is 0 Å². The number of hydrogen-bond donors (Lipinski definition) is 0. The van der Waals surface area contributed by atoms with Gasteiger partial charge in [0.15, 0.2) is 0 Å². The molecule has 84 valence electrons. The topological polar surface area (TPSA) is 0 Å². The molecule has 0 aliphatic heterocycles.